The van der Waals surface area contributed by atoms with Crippen LogP contribution in [0.15, 0.2) is 23.1 Å². The normalized spacial score (nSPS) is 9.92. The summed E-state index contributed by atoms with van der Waals surface area (Å²) in [5, 5.41) is 8.50. The highest BCUT2D eigenvalue weighted by atomic mass is 16.4. The Bertz CT molecular complexity index is 367. The van der Waals surface area contributed by atoms with Crippen LogP contribution in [0.3, 0.4) is 0 Å². The lowest BCUT2D eigenvalue weighted by atomic mass is 10.2. The van der Waals surface area contributed by atoms with Gasteiger partial charge in [0.25, 0.3) is 5.56 Å². The minimum absolute atomic E-state index is 0.215. The number of aromatic nitrogens is 1. The molecule has 1 rings (SSSR count). The number of pyridine rings is 1. The van der Waals surface area contributed by atoms with Crippen molar-refractivity contribution >= 4 is 5.97 Å². The van der Waals surface area contributed by atoms with Gasteiger partial charge in [0.05, 0.1) is 0 Å². The molecule has 0 atom stereocenters. The summed E-state index contributed by atoms with van der Waals surface area (Å²) in [5.41, 5.74) is 0.427. The summed E-state index contributed by atoms with van der Waals surface area (Å²) in [6.07, 6.45) is 2.11. The predicted octanol–water partition coefficient (Wildman–Crippen LogP) is 0.495. The fraction of sp³-hybridized carbons (Fsp3) is 0.333. The van der Waals surface area contributed by atoms with E-state index in [1.807, 2.05) is 6.92 Å². The van der Waals surface area contributed by atoms with Crippen LogP contribution in [-0.4, -0.2) is 15.6 Å². The van der Waals surface area contributed by atoms with Crippen LogP contribution in [0.25, 0.3) is 0 Å². The van der Waals surface area contributed by atoms with Gasteiger partial charge in [0, 0.05) is 11.8 Å². The largest absolute Gasteiger partial charge is 0.480 e. The second-order valence-corrected chi connectivity index (χ2v) is 2.71. The van der Waals surface area contributed by atoms with Gasteiger partial charge >= 0.3 is 5.97 Å². The Hall–Kier alpha value is -1.58. The lowest BCUT2D eigenvalue weighted by Gasteiger charge is -2.02. The van der Waals surface area contributed by atoms with E-state index < -0.39 is 5.97 Å². The molecule has 70 valence electrons. The molecule has 0 aliphatic heterocycles. The molecule has 1 N–H and O–H groups in total. The predicted molar refractivity (Wildman–Crippen MR) is 47.7 cm³/mol. The van der Waals surface area contributed by atoms with E-state index in [4.69, 9.17) is 5.11 Å². The first-order valence-electron chi connectivity index (χ1n) is 4.05. The maximum Gasteiger partial charge on any atom is 0.323 e. The number of carbonyl (C=O) groups is 1. The van der Waals surface area contributed by atoms with E-state index in [1.54, 1.807) is 12.1 Å². The van der Waals surface area contributed by atoms with Crippen LogP contribution in [0.4, 0.5) is 0 Å². The van der Waals surface area contributed by atoms with Gasteiger partial charge in [0.2, 0.25) is 0 Å². The maximum atomic E-state index is 11.4. The molecule has 0 aromatic carbocycles. The van der Waals surface area contributed by atoms with E-state index in [9.17, 15) is 9.59 Å². The van der Waals surface area contributed by atoms with Gasteiger partial charge < -0.3 is 9.67 Å². The van der Waals surface area contributed by atoms with Gasteiger partial charge in [-0.2, -0.15) is 0 Å². The van der Waals surface area contributed by atoms with E-state index in [2.05, 4.69) is 0 Å². The number of rotatable bonds is 3. The first-order valence-corrected chi connectivity index (χ1v) is 4.05. The zero-order valence-corrected chi connectivity index (χ0v) is 7.36. The van der Waals surface area contributed by atoms with Crippen molar-refractivity contribution in [1.82, 2.24) is 4.57 Å². The van der Waals surface area contributed by atoms with E-state index in [0.29, 0.717) is 12.0 Å². The minimum atomic E-state index is -1.00. The molecule has 1 aromatic heterocycles. The summed E-state index contributed by atoms with van der Waals surface area (Å²) in [6.45, 7) is 1.59. The SMILES string of the molecule is CCc1cccn(CC(=O)O)c1=O. The van der Waals surface area contributed by atoms with Gasteiger partial charge in [-0.3, -0.25) is 9.59 Å². The molecule has 0 bridgehead atoms. The lowest BCUT2D eigenvalue weighted by molar-refractivity contribution is -0.137. The van der Waals surface area contributed by atoms with Crippen molar-refractivity contribution in [3.8, 4) is 0 Å². The molecular formula is C9H11NO3. The van der Waals surface area contributed by atoms with Crippen molar-refractivity contribution in [3.05, 3.63) is 34.2 Å². The second kappa shape index (κ2) is 3.89. The van der Waals surface area contributed by atoms with Gasteiger partial charge in [-0.25, -0.2) is 0 Å². The molecule has 0 radical (unpaired) electrons. The Kier molecular flexibility index (Phi) is 2.84. The van der Waals surface area contributed by atoms with Crippen LogP contribution in [0.1, 0.15) is 12.5 Å². The first kappa shape index (κ1) is 9.51. The number of carboxylic acid groups (broad SMARTS) is 1. The minimum Gasteiger partial charge on any atom is -0.480 e. The molecule has 0 spiro atoms. The Morgan fingerprint density at radius 1 is 1.62 bits per heavy atom. The molecule has 0 amide bonds. The van der Waals surface area contributed by atoms with Crippen LogP contribution < -0.4 is 5.56 Å². The molecule has 1 heterocycles. The third-order valence-electron chi connectivity index (χ3n) is 1.79. The number of hydrogen-bond acceptors (Lipinski definition) is 2. The molecule has 13 heavy (non-hydrogen) atoms. The van der Waals surface area contributed by atoms with Gasteiger partial charge in [-0.1, -0.05) is 13.0 Å². The smallest absolute Gasteiger partial charge is 0.323 e. The maximum absolute atomic E-state index is 11.4. The highest BCUT2D eigenvalue weighted by Crippen LogP contribution is 1.92. The van der Waals surface area contributed by atoms with Gasteiger partial charge in [-0.05, 0) is 12.5 Å². The van der Waals surface area contributed by atoms with Crippen LogP contribution in [0, 0.1) is 0 Å². The van der Waals surface area contributed by atoms with Crippen molar-refractivity contribution in [3.63, 3.8) is 0 Å². The first-order chi connectivity index (χ1) is 6.15. The summed E-state index contributed by atoms with van der Waals surface area (Å²) < 4.78 is 1.20. The monoisotopic (exact) mass is 181 g/mol. The summed E-state index contributed by atoms with van der Waals surface area (Å²) >= 11 is 0. The number of carboxylic acids is 1. The summed E-state index contributed by atoms with van der Waals surface area (Å²) in [7, 11) is 0. The van der Waals surface area contributed by atoms with Crippen molar-refractivity contribution < 1.29 is 9.90 Å². The molecule has 0 aliphatic carbocycles. The number of aryl methyl sites for hydroxylation is 1. The van der Waals surface area contributed by atoms with Crippen molar-refractivity contribution in [2.75, 3.05) is 0 Å². The number of aliphatic carboxylic acids is 1. The molecule has 4 nitrogen and oxygen atoms in total. The average molecular weight is 181 g/mol. The van der Waals surface area contributed by atoms with Crippen molar-refractivity contribution in [2.24, 2.45) is 0 Å². The number of nitrogens with zero attached hydrogens (tertiary/aromatic N) is 1. The standard InChI is InChI=1S/C9H11NO3/c1-2-7-4-3-5-10(9(7)13)6-8(11)12/h3-5H,2,6H2,1H3,(H,11,12). The molecule has 0 saturated carbocycles. The molecule has 0 fully saturated rings. The quantitative estimate of drug-likeness (QED) is 0.738. The van der Waals surface area contributed by atoms with Crippen LogP contribution in [0.2, 0.25) is 0 Å². The van der Waals surface area contributed by atoms with Gasteiger partial charge in [0.1, 0.15) is 6.54 Å². The molecule has 4 heteroatoms. The average Bonchev–Trinajstić information content (AvgIpc) is 2.08. The zero-order valence-electron chi connectivity index (χ0n) is 7.36. The third-order valence-corrected chi connectivity index (χ3v) is 1.79. The molecular weight excluding hydrogens is 170 g/mol. The van der Waals surface area contributed by atoms with E-state index in [-0.39, 0.29) is 12.1 Å². The highest BCUT2D eigenvalue weighted by Gasteiger charge is 2.03. The second-order valence-electron chi connectivity index (χ2n) is 2.71. The summed E-state index contributed by atoms with van der Waals surface area (Å²) in [4.78, 5) is 21.8. The molecule has 1 aromatic rings. The van der Waals surface area contributed by atoms with Crippen LogP contribution >= 0.6 is 0 Å². The topological polar surface area (TPSA) is 59.3 Å². The highest BCUT2D eigenvalue weighted by molar-refractivity contribution is 5.66. The molecule has 0 saturated heterocycles. The Morgan fingerprint density at radius 2 is 2.31 bits per heavy atom. The van der Waals surface area contributed by atoms with Crippen molar-refractivity contribution in [2.45, 2.75) is 19.9 Å². The fourth-order valence-electron chi connectivity index (χ4n) is 1.13. The third kappa shape index (κ3) is 2.18. The lowest BCUT2D eigenvalue weighted by Crippen LogP contribution is -2.25. The van der Waals surface area contributed by atoms with Crippen molar-refractivity contribution in [1.29, 1.82) is 0 Å². The van der Waals surface area contributed by atoms with E-state index >= 15 is 0 Å². The Labute approximate surface area is 75.4 Å². The summed E-state index contributed by atoms with van der Waals surface area (Å²) in [5.74, 6) is -1.00. The summed E-state index contributed by atoms with van der Waals surface area (Å²) in [6, 6.07) is 3.39. The fourth-order valence-corrected chi connectivity index (χ4v) is 1.13. The number of hydrogen-bond donors (Lipinski definition) is 1. The van der Waals surface area contributed by atoms with Crippen LogP contribution in [0.5, 0.6) is 0 Å². The van der Waals surface area contributed by atoms with E-state index in [1.165, 1.54) is 10.8 Å². The zero-order chi connectivity index (χ0) is 9.84. The molecule has 0 unspecified atom stereocenters. The van der Waals surface area contributed by atoms with Crippen LogP contribution in [-0.2, 0) is 17.8 Å². The van der Waals surface area contributed by atoms with Gasteiger partial charge in [0.15, 0.2) is 0 Å². The molecule has 0 aliphatic rings. The van der Waals surface area contributed by atoms with E-state index in [0.717, 1.165) is 0 Å². The Balaban J connectivity index is 3.09. The van der Waals surface area contributed by atoms with Gasteiger partial charge in [-0.15, -0.1) is 0 Å². The Morgan fingerprint density at radius 3 is 2.85 bits per heavy atom.